The van der Waals surface area contributed by atoms with Crippen molar-refractivity contribution in [3.8, 4) is 12.3 Å². The average molecular weight is 299 g/mol. The summed E-state index contributed by atoms with van der Waals surface area (Å²) in [5, 5.41) is 0. The van der Waals surface area contributed by atoms with Gasteiger partial charge in [0.1, 0.15) is 0 Å². The van der Waals surface area contributed by atoms with Gasteiger partial charge in [0.2, 0.25) is 0 Å². The van der Waals surface area contributed by atoms with Crippen LogP contribution < -0.4 is 4.72 Å². The van der Waals surface area contributed by atoms with Gasteiger partial charge in [-0.1, -0.05) is 29.7 Å². The van der Waals surface area contributed by atoms with Gasteiger partial charge in [0, 0.05) is 5.56 Å². The van der Waals surface area contributed by atoms with Crippen LogP contribution >= 0.6 is 0 Å². The smallest absolute Gasteiger partial charge is 0.262 e. The Morgan fingerprint density at radius 3 is 2.24 bits per heavy atom. The van der Waals surface area contributed by atoms with Gasteiger partial charge in [-0.2, -0.15) is 0 Å². The fourth-order valence-electron chi connectivity index (χ4n) is 2.47. The third-order valence-corrected chi connectivity index (χ3v) is 4.84. The van der Waals surface area contributed by atoms with E-state index in [2.05, 4.69) is 10.6 Å². The van der Waals surface area contributed by atoms with E-state index in [1.165, 1.54) is 0 Å². The summed E-state index contributed by atoms with van der Waals surface area (Å²) in [6.45, 7) is 5.54. The lowest BCUT2D eigenvalue weighted by Crippen LogP contribution is -2.16. The van der Waals surface area contributed by atoms with E-state index in [0.29, 0.717) is 16.1 Å². The Kier molecular flexibility index (Phi) is 4.06. The van der Waals surface area contributed by atoms with Gasteiger partial charge in [-0.15, -0.1) is 6.42 Å². The zero-order valence-electron chi connectivity index (χ0n) is 12.3. The van der Waals surface area contributed by atoms with E-state index in [9.17, 15) is 8.42 Å². The van der Waals surface area contributed by atoms with E-state index < -0.39 is 10.0 Å². The molecule has 0 bridgehead atoms. The first-order valence-electron chi connectivity index (χ1n) is 6.51. The van der Waals surface area contributed by atoms with Gasteiger partial charge in [-0.05, 0) is 50.1 Å². The molecule has 4 heteroatoms. The van der Waals surface area contributed by atoms with Crippen LogP contribution in [0.3, 0.4) is 0 Å². The van der Waals surface area contributed by atoms with Crippen molar-refractivity contribution in [2.75, 3.05) is 4.72 Å². The van der Waals surface area contributed by atoms with Gasteiger partial charge in [0.25, 0.3) is 10.0 Å². The largest absolute Gasteiger partial charge is 0.280 e. The molecule has 0 amide bonds. The summed E-state index contributed by atoms with van der Waals surface area (Å²) in [7, 11) is -3.64. The number of anilines is 1. The van der Waals surface area contributed by atoms with E-state index in [0.717, 1.165) is 16.7 Å². The Bertz CT molecular complexity index is 807. The second kappa shape index (κ2) is 5.63. The van der Waals surface area contributed by atoms with E-state index in [1.807, 2.05) is 19.1 Å². The summed E-state index contributed by atoms with van der Waals surface area (Å²) in [6.07, 6.45) is 5.33. The molecule has 0 aromatic heterocycles. The van der Waals surface area contributed by atoms with Crippen LogP contribution in [0.5, 0.6) is 0 Å². The monoisotopic (exact) mass is 299 g/mol. The Hall–Kier alpha value is -2.25. The topological polar surface area (TPSA) is 46.2 Å². The fourth-order valence-corrected chi connectivity index (χ4v) is 3.97. The lowest BCUT2D eigenvalue weighted by molar-refractivity contribution is 0.600. The number of hydrogen-bond donors (Lipinski definition) is 1. The van der Waals surface area contributed by atoms with Crippen molar-refractivity contribution in [1.29, 1.82) is 0 Å². The minimum atomic E-state index is -3.64. The van der Waals surface area contributed by atoms with Crippen LogP contribution in [0.25, 0.3) is 0 Å². The highest BCUT2D eigenvalue weighted by molar-refractivity contribution is 7.92. The second-order valence-corrected chi connectivity index (χ2v) is 6.68. The molecule has 0 atom stereocenters. The van der Waals surface area contributed by atoms with Crippen LogP contribution in [0.2, 0.25) is 0 Å². The van der Waals surface area contributed by atoms with Crippen molar-refractivity contribution in [1.82, 2.24) is 0 Å². The molecule has 2 rings (SSSR count). The maximum absolute atomic E-state index is 12.6. The summed E-state index contributed by atoms with van der Waals surface area (Å²) in [5.74, 6) is 2.49. The standard InChI is InChI=1S/C17H17NO2S/c1-5-15-7-6-8-16(11-15)18-21(19,20)17-13(3)9-12(2)10-14(17)4/h1,6-11,18H,2-4H3. The van der Waals surface area contributed by atoms with Gasteiger partial charge in [-0.25, -0.2) is 8.42 Å². The highest BCUT2D eigenvalue weighted by Gasteiger charge is 2.20. The number of rotatable bonds is 3. The number of sulfonamides is 1. The molecule has 0 aliphatic heterocycles. The third kappa shape index (κ3) is 3.26. The molecule has 2 aromatic carbocycles. The van der Waals surface area contributed by atoms with E-state index in [-0.39, 0.29) is 0 Å². The lowest BCUT2D eigenvalue weighted by Gasteiger charge is -2.14. The molecule has 0 aliphatic rings. The third-order valence-electron chi connectivity index (χ3n) is 3.15. The first-order chi connectivity index (χ1) is 9.83. The minimum Gasteiger partial charge on any atom is -0.280 e. The van der Waals surface area contributed by atoms with Crippen LogP contribution in [0.4, 0.5) is 5.69 Å². The summed E-state index contributed by atoms with van der Waals surface area (Å²) in [4.78, 5) is 0.319. The molecular formula is C17H17NO2S. The molecule has 2 aromatic rings. The van der Waals surface area contributed by atoms with Crippen molar-refractivity contribution >= 4 is 15.7 Å². The molecule has 0 fully saturated rings. The zero-order chi connectivity index (χ0) is 15.6. The summed E-state index contributed by atoms with van der Waals surface area (Å²) in [5.41, 5.74) is 3.59. The van der Waals surface area contributed by atoms with Crippen LogP contribution in [0, 0.1) is 33.1 Å². The summed E-state index contributed by atoms with van der Waals surface area (Å²) < 4.78 is 27.8. The second-order valence-electron chi connectivity index (χ2n) is 5.06. The molecule has 0 spiro atoms. The molecule has 0 unspecified atom stereocenters. The molecule has 0 heterocycles. The number of nitrogens with one attached hydrogen (secondary N) is 1. The highest BCUT2D eigenvalue weighted by atomic mass is 32.2. The quantitative estimate of drug-likeness (QED) is 0.883. The fraction of sp³-hybridized carbons (Fsp3) is 0.176. The predicted octanol–water partition coefficient (Wildman–Crippen LogP) is 3.39. The summed E-state index contributed by atoms with van der Waals surface area (Å²) >= 11 is 0. The van der Waals surface area contributed by atoms with Gasteiger partial charge >= 0.3 is 0 Å². The maximum Gasteiger partial charge on any atom is 0.262 e. The Morgan fingerprint density at radius 2 is 1.67 bits per heavy atom. The van der Waals surface area contributed by atoms with Crippen LogP contribution in [0.1, 0.15) is 22.3 Å². The van der Waals surface area contributed by atoms with Crippen molar-refractivity contribution in [2.45, 2.75) is 25.7 Å². The SMILES string of the molecule is C#Cc1cccc(NS(=O)(=O)c2c(C)cc(C)cc2C)c1. The molecular weight excluding hydrogens is 282 g/mol. The number of terminal acetylenes is 1. The van der Waals surface area contributed by atoms with Crippen molar-refractivity contribution < 1.29 is 8.42 Å². The first-order valence-corrected chi connectivity index (χ1v) is 7.99. The van der Waals surface area contributed by atoms with Gasteiger partial charge in [-0.3, -0.25) is 4.72 Å². The van der Waals surface area contributed by atoms with Crippen molar-refractivity contribution in [3.63, 3.8) is 0 Å². The molecule has 0 aliphatic carbocycles. The van der Waals surface area contributed by atoms with Gasteiger partial charge in [0.15, 0.2) is 0 Å². The van der Waals surface area contributed by atoms with Crippen molar-refractivity contribution in [3.05, 3.63) is 58.7 Å². The molecule has 21 heavy (non-hydrogen) atoms. The van der Waals surface area contributed by atoms with Gasteiger partial charge in [0.05, 0.1) is 10.6 Å². The van der Waals surface area contributed by atoms with E-state index >= 15 is 0 Å². The van der Waals surface area contributed by atoms with E-state index in [4.69, 9.17) is 6.42 Å². The van der Waals surface area contributed by atoms with Gasteiger partial charge < -0.3 is 0 Å². The molecule has 1 N–H and O–H groups in total. The average Bonchev–Trinajstić information content (AvgIpc) is 2.36. The van der Waals surface area contributed by atoms with E-state index in [1.54, 1.807) is 38.1 Å². The molecule has 0 saturated heterocycles. The minimum absolute atomic E-state index is 0.319. The highest BCUT2D eigenvalue weighted by Crippen LogP contribution is 2.24. The molecule has 0 saturated carbocycles. The maximum atomic E-state index is 12.6. The Labute approximate surface area is 126 Å². The summed E-state index contributed by atoms with van der Waals surface area (Å²) in [6, 6.07) is 10.5. The van der Waals surface area contributed by atoms with Crippen molar-refractivity contribution in [2.24, 2.45) is 0 Å². The molecule has 3 nitrogen and oxygen atoms in total. The Balaban J connectivity index is 2.46. The van der Waals surface area contributed by atoms with Crippen LogP contribution in [-0.2, 0) is 10.0 Å². The normalized spacial score (nSPS) is 11.0. The Morgan fingerprint density at radius 1 is 1.05 bits per heavy atom. The molecule has 0 radical (unpaired) electrons. The van der Waals surface area contributed by atoms with Crippen LogP contribution in [0.15, 0.2) is 41.3 Å². The molecule has 108 valence electrons. The first kappa shape index (κ1) is 15.1. The number of benzene rings is 2. The lowest BCUT2D eigenvalue weighted by atomic mass is 10.1. The number of hydrogen-bond acceptors (Lipinski definition) is 2. The number of aryl methyl sites for hydroxylation is 3. The zero-order valence-corrected chi connectivity index (χ0v) is 13.1. The van der Waals surface area contributed by atoms with Crippen LogP contribution in [-0.4, -0.2) is 8.42 Å². The predicted molar refractivity (Wildman–Crippen MR) is 85.8 cm³/mol.